The summed E-state index contributed by atoms with van der Waals surface area (Å²) in [7, 11) is -1.19. The number of hydrogen-bond acceptors (Lipinski definition) is 9. The van der Waals surface area contributed by atoms with E-state index in [2.05, 4.69) is 17.0 Å². The molecule has 4 aromatic carbocycles. The number of para-hydroxylation sites is 2. The lowest BCUT2D eigenvalue weighted by atomic mass is 10.0. The number of rotatable bonds is 28. The summed E-state index contributed by atoms with van der Waals surface area (Å²) in [5.41, 5.74) is 0.437. The number of imidazole rings is 1. The predicted molar refractivity (Wildman–Crippen MR) is 260 cm³/mol. The molecule has 0 saturated heterocycles. The molecule has 2 N–H and O–H groups in total. The first kappa shape index (κ1) is 50.8. The van der Waals surface area contributed by atoms with Crippen LogP contribution in [0, 0.1) is 0 Å². The van der Waals surface area contributed by atoms with E-state index in [1.54, 1.807) is 74.5 Å². The van der Waals surface area contributed by atoms with Gasteiger partial charge in [-0.25, -0.2) is 18.0 Å². The van der Waals surface area contributed by atoms with Crippen molar-refractivity contribution in [2.24, 2.45) is 14.1 Å². The van der Waals surface area contributed by atoms with E-state index in [1.807, 2.05) is 0 Å². The molecular weight excluding hydrogens is 857 g/mol. The molecule has 13 nitrogen and oxygen atoms in total. The van der Waals surface area contributed by atoms with E-state index in [9.17, 15) is 27.6 Å². The van der Waals surface area contributed by atoms with Gasteiger partial charge in [0, 0.05) is 19.7 Å². The number of carbonyl (C=O) groups excluding carboxylic acids is 3. The number of sulfonamides is 1. The Balaban J connectivity index is 1.32. The number of hydrogen-bond donors (Lipinski definition) is 2. The van der Waals surface area contributed by atoms with E-state index < -0.39 is 39.5 Å². The number of aromatic nitrogens is 2. The highest BCUT2D eigenvalue weighted by molar-refractivity contribution is 7.92. The van der Waals surface area contributed by atoms with E-state index in [0.29, 0.717) is 5.56 Å². The first-order valence-electron chi connectivity index (χ1n) is 23.3. The number of ketones is 1. The number of Topliss-reactive ketones (excluding diaryl/α,β-unsaturated/α-hetero) is 1. The summed E-state index contributed by atoms with van der Waals surface area (Å²) in [5, 5.41) is 2.75. The quantitative estimate of drug-likeness (QED) is 0.0215. The molecule has 1 heterocycles. The lowest BCUT2D eigenvalue weighted by Crippen LogP contribution is -2.41. The minimum Gasteiger partial charge on any atom is -0.489 e. The molecule has 14 heteroatoms. The summed E-state index contributed by atoms with van der Waals surface area (Å²) < 4.78 is 49.8. The first-order valence-corrected chi connectivity index (χ1v) is 24.8. The first-order chi connectivity index (χ1) is 31.8. The Morgan fingerprint density at radius 2 is 1.20 bits per heavy atom. The third-order valence-corrected chi connectivity index (χ3v) is 12.6. The van der Waals surface area contributed by atoms with Crippen molar-refractivity contribution < 1.29 is 37.0 Å². The van der Waals surface area contributed by atoms with Gasteiger partial charge in [-0.15, -0.1) is 0 Å². The van der Waals surface area contributed by atoms with Gasteiger partial charge in [-0.1, -0.05) is 151 Å². The maximum Gasteiger partial charge on any atom is 0.338 e. The van der Waals surface area contributed by atoms with Gasteiger partial charge in [0.2, 0.25) is 11.9 Å². The second kappa shape index (κ2) is 25.5. The summed E-state index contributed by atoms with van der Waals surface area (Å²) in [6.07, 6.45) is 14.7. The third-order valence-electron chi connectivity index (χ3n) is 11.2. The molecule has 1 atom stereocenters. The molecule has 5 aromatic rings. The molecule has 0 spiro atoms. The number of nitrogens with one attached hydrogen (secondary N) is 2. The van der Waals surface area contributed by atoms with E-state index >= 15 is 0 Å². The van der Waals surface area contributed by atoms with Gasteiger partial charge in [-0.2, -0.15) is 0 Å². The van der Waals surface area contributed by atoms with Crippen LogP contribution in [0.2, 0.25) is 0 Å². The van der Waals surface area contributed by atoms with Crippen LogP contribution in [-0.4, -0.2) is 54.0 Å². The molecule has 354 valence electrons. The van der Waals surface area contributed by atoms with Gasteiger partial charge in [-0.05, 0) is 62.7 Å². The summed E-state index contributed by atoms with van der Waals surface area (Å²) in [6.45, 7) is 6.09. The van der Waals surface area contributed by atoms with Crippen LogP contribution in [0.15, 0.2) is 113 Å². The van der Waals surface area contributed by atoms with Gasteiger partial charge in [0.15, 0.2) is 0 Å². The van der Waals surface area contributed by atoms with Gasteiger partial charge in [0.1, 0.15) is 17.2 Å². The average Bonchev–Trinajstić information content (AvgIpc) is 3.54. The van der Waals surface area contributed by atoms with Gasteiger partial charge in [0.25, 0.3) is 15.9 Å². The van der Waals surface area contributed by atoms with E-state index in [1.165, 1.54) is 132 Å². The molecule has 1 amide bonds. The van der Waals surface area contributed by atoms with Crippen LogP contribution in [0.3, 0.4) is 0 Å². The van der Waals surface area contributed by atoms with Crippen molar-refractivity contribution in [3.8, 4) is 22.8 Å². The van der Waals surface area contributed by atoms with Crippen molar-refractivity contribution in [2.45, 2.75) is 128 Å². The molecule has 1 unspecified atom stereocenters. The molecular formula is C52H66N4O9S. The number of anilines is 2. The molecule has 1 aromatic heterocycles. The Morgan fingerprint density at radius 3 is 1.80 bits per heavy atom. The van der Waals surface area contributed by atoms with Crippen molar-refractivity contribution in [3.05, 3.63) is 125 Å². The molecule has 0 bridgehead atoms. The van der Waals surface area contributed by atoms with Crippen molar-refractivity contribution in [1.29, 1.82) is 0 Å². The molecule has 0 fully saturated rings. The number of carbonyl (C=O) groups is 3. The third kappa shape index (κ3) is 14.4. The molecule has 5 rings (SSSR count). The fourth-order valence-corrected chi connectivity index (χ4v) is 8.82. The highest BCUT2D eigenvalue weighted by Crippen LogP contribution is 2.32. The van der Waals surface area contributed by atoms with E-state index in [4.69, 9.17) is 14.2 Å². The van der Waals surface area contributed by atoms with Crippen LogP contribution in [0.25, 0.3) is 11.3 Å². The summed E-state index contributed by atoms with van der Waals surface area (Å²) in [5.74, 6) is -2.38. The van der Waals surface area contributed by atoms with Crippen molar-refractivity contribution >= 4 is 39.1 Å². The van der Waals surface area contributed by atoms with Crippen molar-refractivity contribution in [3.63, 3.8) is 0 Å². The van der Waals surface area contributed by atoms with Crippen LogP contribution in [0.1, 0.15) is 132 Å². The SMILES string of the molecule is CCCCCCCCCCCCCCCCOC(=O)c1ccc(NC(=O)C(Oc2ccccc2NS(=O)(=O)c2ccccc2)C(=O)c2c(-c3ccccc3)n(C)c(=O)n2C)c(OC(C)C)c1. The lowest BCUT2D eigenvalue weighted by Gasteiger charge is -2.22. The van der Waals surface area contributed by atoms with E-state index in [-0.39, 0.29) is 57.4 Å². The fraction of sp³-hybridized carbons (Fsp3) is 0.423. The Labute approximate surface area is 389 Å². The fourth-order valence-electron chi connectivity index (χ4n) is 7.72. The Bertz CT molecular complexity index is 2520. The van der Waals surface area contributed by atoms with Crippen LogP contribution >= 0.6 is 0 Å². The highest BCUT2D eigenvalue weighted by Gasteiger charge is 2.37. The molecule has 0 radical (unpaired) electrons. The van der Waals surface area contributed by atoms with Gasteiger partial charge >= 0.3 is 11.7 Å². The minimum atomic E-state index is -4.13. The normalized spacial score (nSPS) is 11.8. The van der Waals surface area contributed by atoms with Gasteiger partial charge < -0.3 is 19.5 Å². The maximum atomic E-state index is 14.9. The predicted octanol–water partition coefficient (Wildman–Crippen LogP) is 10.9. The second-order valence-corrected chi connectivity index (χ2v) is 18.5. The molecule has 0 saturated carbocycles. The largest absolute Gasteiger partial charge is 0.489 e. The monoisotopic (exact) mass is 922 g/mol. The number of unbranched alkanes of at least 4 members (excludes halogenated alkanes) is 13. The number of ether oxygens (including phenoxy) is 3. The van der Waals surface area contributed by atoms with Crippen LogP contribution < -0.4 is 25.2 Å². The van der Waals surface area contributed by atoms with Crippen LogP contribution in [0.4, 0.5) is 11.4 Å². The summed E-state index contributed by atoms with van der Waals surface area (Å²) in [4.78, 5) is 56.1. The van der Waals surface area contributed by atoms with Crippen LogP contribution in [0.5, 0.6) is 11.5 Å². The summed E-state index contributed by atoms with van der Waals surface area (Å²) >= 11 is 0. The number of nitrogens with zero attached hydrogens (tertiary/aromatic N) is 2. The highest BCUT2D eigenvalue weighted by atomic mass is 32.2. The van der Waals surface area contributed by atoms with E-state index in [0.717, 1.165) is 23.8 Å². The van der Waals surface area contributed by atoms with Gasteiger partial charge in [-0.3, -0.25) is 23.4 Å². The zero-order valence-electron chi connectivity index (χ0n) is 39.1. The molecule has 66 heavy (non-hydrogen) atoms. The van der Waals surface area contributed by atoms with Crippen molar-refractivity contribution in [1.82, 2.24) is 9.13 Å². The summed E-state index contributed by atoms with van der Waals surface area (Å²) in [6, 6.07) is 26.9. The topological polar surface area (TPSA) is 164 Å². The maximum absolute atomic E-state index is 14.9. The van der Waals surface area contributed by atoms with Crippen LogP contribution in [-0.2, 0) is 33.7 Å². The zero-order valence-corrected chi connectivity index (χ0v) is 39.9. The number of benzene rings is 4. The standard InChI is InChI=1S/C52H66N4O9S/c1-6-7-8-9-10-11-12-13-14-15-16-17-18-27-36-63-51(59)40-34-35-42(45(37-40)64-38(2)3)53-50(58)49(48(57)47-46(39-28-21-19-22-29-39)55(4)52(60)56(47)5)65-44-33-26-25-32-43(44)54-66(61,62)41-30-23-20-24-31-41/h19-26,28-35,37-38,49,54H,6-18,27,36H2,1-5H3,(H,53,58). The zero-order chi connectivity index (χ0) is 47.5. The second-order valence-electron chi connectivity index (χ2n) is 16.8. The molecule has 0 aliphatic heterocycles. The van der Waals surface area contributed by atoms with Gasteiger partial charge in [0.05, 0.1) is 40.2 Å². The van der Waals surface area contributed by atoms with Crippen molar-refractivity contribution in [2.75, 3.05) is 16.6 Å². The molecule has 0 aliphatic rings. The number of esters is 1. The minimum absolute atomic E-state index is 0.0169. The number of amides is 1. The lowest BCUT2D eigenvalue weighted by molar-refractivity contribution is -0.120. The Hall–Kier alpha value is -6.15. The molecule has 0 aliphatic carbocycles. The Morgan fingerprint density at radius 1 is 0.636 bits per heavy atom. The smallest absolute Gasteiger partial charge is 0.338 e. The average molecular weight is 923 g/mol. The Kier molecular flexibility index (Phi) is 19.7.